The van der Waals surface area contributed by atoms with Crippen molar-refractivity contribution in [1.82, 2.24) is 9.97 Å². The summed E-state index contributed by atoms with van der Waals surface area (Å²) in [4.78, 5) is 28.9. The van der Waals surface area contributed by atoms with E-state index in [2.05, 4.69) is 9.97 Å². The number of aromatic nitrogens is 2. The van der Waals surface area contributed by atoms with Gasteiger partial charge in [0, 0.05) is 6.42 Å². The molecule has 0 fully saturated rings. The van der Waals surface area contributed by atoms with E-state index in [-0.39, 0.29) is 34.0 Å². The molecule has 0 spiro atoms. The predicted octanol–water partition coefficient (Wildman–Crippen LogP) is 1.69. The number of nitrogens with zero attached hydrogens (tertiary/aromatic N) is 2. The van der Waals surface area contributed by atoms with Crippen LogP contribution >= 0.6 is 23.2 Å². The topological polar surface area (TPSA) is 85.9 Å². The van der Waals surface area contributed by atoms with Crippen LogP contribution in [-0.4, -0.2) is 22.0 Å². The van der Waals surface area contributed by atoms with Gasteiger partial charge in [0.2, 0.25) is 0 Å². The number of ketones is 1. The normalized spacial score (nSPS) is 10.6. The Morgan fingerprint density at radius 3 is 2.56 bits per heavy atom. The van der Waals surface area contributed by atoms with Gasteiger partial charge in [-0.15, -0.1) is 0 Å². The lowest BCUT2D eigenvalue weighted by atomic mass is 10.2. The van der Waals surface area contributed by atoms with Gasteiger partial charge in [0.1, 0.15) is 6.29 Å². The number of nitrogens with two attached hydrogens (primary N) is 1. The summed E-state index contributed by atoms with van der Waals surface area (Å²) >= 11 is 11.2. The van der Waals surface area contributed by atoms with E-state index in [1.807, 2.05) is 0 Å². The van der Waals surface area contributed by atoms with E-state index in [1.165, 1.54) is 12.2 Å². The molecule has 1 aromatic heterocycles. The zero-order valence-electron chi connectivity index (χ0n) is 7.98. The first-order valence-electron chi connectivity index (χ1n) is 4.18. The molecule has 1 rings (SSSR count). The molecule has 0 aliphatic heterocycles. The molecule has 0 aromatic carbocycles. The molecule has 0 radical (unpaired) electrons. The van der Waals surface area contributed by atoms with Gasteiger partial charge in [-0.2, -0.15) is 0 Å². The highest BCUT2D eigenvalue weighted by molar-refractivity contribution is 6.40. The highest BCUT2D eigenvalue weighted by atomic mass is 35.5. The maximum atomic E-state index is 11.6. The van der Waals surface area contributed by atoms with E-state index in [0.717, 1.165) is 0 Å². The van der Waals surface area contributed by atoms with Crippen molar-refractivity contribution in [2.45, 2.75) is 6.42 Å². The SMILES string of the molecule is Nc1nc(Cl)c(Cl)nc1C(=O)CC=CC=O. The molecule has 16 heavy (non-hydrogen) atoms. The molecule has 0 aliphatic rings. The average Bonchev–Trinajstić information content (AvgIpc) is 2.23. The van der Waals surface area contributed by atoms with E-state index >= 15 is 0 Å². The standard InChI is InChI=1S/C9H7Cl2N3O2/c10-7-8(11)14-9(12)6(13-7)5(16)3-1-2-4-15/h1-2,4H,3H2,(H2,12,14). The van der Waals surface area contributed by atoms with Gasteiger partial charge in [-0.25, -0.2) is 9.97 Å². The number of carbonyl (C=O) groups is 2. The zero-order chi connectivity index (χ0) is 12.1. The van der Waals surface area contributed by atoms with Crippen molar-refractivity contribution in [1.29, 1.82) is 0 Å². The third-order valence-corrected chi connectivity index (χ3v) is 2.25. The van der Waals surface area contributed by atoms with Crippen molar-refractivity contribution in [2.24, 2.45) is 0 Å². The molecule has 0 saturated heterocycles. The molecule has 84 valence electrons. The Labute approximate surface area is 101 Å². The zero-order valence-corrected chi connectivity index (χ0v) is 9.50. The lowest BCUT2D eigenvalue weighted by Crippen LogP contribution is -2.08. The Kier molecular flexibility index (Phi) is 4.39. The van der Waals surface area contributed by atoms with Gasteiger partial charge in [0.15, 0.2) is 27.6 Å². The van der Waals surface area contributed by atoms with Crippen molar-refractivity contribution in [3.8, 4) is 0 Å². The fraction of sp³-hybridized carbons (Fsp3) is 0.111. The summed E-state index contributed by atoms with van der Waals surface area (Å²) in [5.41, 5.74) is 5.41. The smallest absolute Gasteiger partial charge is 0.188 e. The number of carbonyl (C=O) groups excluding carboxylic acids is 2. The average molecular weight is 260 g/mol. The monoisotopic (exact) mass is 259 g/mol. The molecular formula is C9H7Cl2N3O2. The first-order chi connectivity index (χ1) is 7.56. The van der Waals surface area contributed by atoms with Crippen molar-refractivity contribution < 1.29 is 9.59 Å². The number of halogens is 2. The number of anilines is 1. The molecule has 0 atom stereocenters. The Morgan fingerprint density at radius 2 is 1.94 bits per heavy atom. The van der Waals surface area contributed by atoms with Crippen molar-refractivity contribution in [3.63, 3.8) is 0 Å². The van der Waals surface area contributed by atoms with E-state index in [4.69, 9.17) is 28.9 Å². The molecule has 1 heterocycles. The van der Waals surface area contributed by atoms with E-state index in [1.54, 1.807) is 0 Å². The maximum Gasteiger partial charge on any atom is 0.188 e. The predicted molar refractivity (Wildman–Crippen MR) is 60.6 cm³/mol. The minimum atomic E-state index is -0.387. The van der Waals surface area contributed by atoms with Crippen molar-refractivity contribution in [2.75, 3.05) is 5.73 Å². The van der Waals surface area contributed by atoms with Gasteiger partial charge in [-0.05, 0) is 6.08 Å². The Morgan fingerprint density at radius 1 is 1.31 bits per heavy atom. The molecule has 2 N–H and O–H groups in total. The Hall–Kier alpha value is -1.46. The third-order valence-electron chi connectivity index (χ3n) is 1.62. The summed E-state index contributed by atoms with van der Waals surface area (Å²) in [5.74, 6) is -0.472. The number of rotatable bonds is 4. The van der Waals surface area contributed by atoms with Crippen molar-refractivity contribution >= 4 is 41.1 Å². The molecule has 0 bridgehead atoms. The van der Waals surface area contributed by atoms with Crippen LogP contribution in [0.3, 0.4) is 0 Å². The summed E-state index contributed by atoms with van der Waals surface area (Å²) in [7, 11) is 0. The Balaban J connectivity index is 2.95. The lowest BCUT2D eigenvalue weighted by molar-refractivity contribution is -0.104. The largest absolute Gasteiger partial charge is 0.382 e. The van der Waals surface area contributed by atoms with Gasteiger partial charge in [0.05, 0.1) is 0 Å². The summed E-state index contributed by atoms with van der Waals surface area (Å²) in [6.07, 6.45) is 3.16. The van der Waals surface area contributed by atoms with Gasteiger partial charge < -0.3 is 5.73 Å². The molecule has 7 heteroatoms. The molecule has 1 aromatic rings. The molecule has 0 amide bonds. The van der Waals surface area contributed by atoms with Gasteiger partial charge >= 0.3 is 0 Å². The first-order valence-corrected chi connectivity index (χ1v) is 4.94. The molecule has 0 saturated carbocycles. The molecular weight excluding hydrogens is 253 g/mol. The fourth-order valence-electron chi connectivity index (χ4n) is 0.939. The van der Waals surface area contributed by atoms with Crippen LogP contribution in [0.2, 0.25) is 10.3 Å². The second kappa shape index (κ2) is 5.58. The Bertz CT molecular complexity index is 460. The van der Waals surface area contributed by atoms with Gasteiger partial charge in [-0.3, -0.25) is 9.59 Å². The van der Waals surface area contributed by atoms with Crippen LogP contribution in [0.25, 0.3) is 0 Å². The van der Waals surface area contributed by atoms with Crippen LogP contribution in [0.5, 0.6) is 0 Å². The second-order valence-corrected chi connectivity index (χ2v) is 3.45. The summed E-state index contributed by atoms with van der Waals surface area (Å²) < 4.78 is 0. The highest BCUT2D eigenvalue weighted by Crippen LogP contribution is 2.20. The molecule has 0 aliphatic carbocycles. The van der Waals surface area contributed by atoms with Crippen LogP contribution in [0, 0.1) is 0 Å². The number of Topliss-reactive ketones (excluding diaryl/α,β-unsaturated/α-hetero) is 1. The number of hydrogen-bond acceptors (Lipinski definition) is 5. The molecule has 0 unspecified atom stereocenters. The summed E-state index contributed by atoms with van der Waals surface area (Å²) in [5, 5.41) is -0.141. The summed E-state index contributed by atoms with van der Waals surface area (Å²) in [6.45, 7) is 0. The highest BCUT2D eigenvalue weighted by Gasteiger charge is 2.14. The van der Waals surface area contributed by atoms with Crippen LogP contribution < -0.4 is 5.73 Å². The van der Waals surface area contributed by atoms with E-state index in [0.29, 0.717) is 6.29 Å². The first kappa shape index (κ1) is 12.6. The minimum absolute atomic E-state index is 0.00438. The number of hydrogen-bond donors (Lipinski definition) is 1. The fourth-order valence-corrected chi connectivity index (χ4v) is 1.20. The van der Waals surface area contributed by atoms with Crippen LogP contribution in [0.15, 0.2) is 12.2 Å². The number of aldehydes is 1. The van der Waals surface area contributed by atoms with Crippen LogP contribution in [0.1, 0.15) is 16.9 Å². The number of allylic oxidation sites excluding steroid dienone is 2. The molecule has 5 nitrogen and oxygen atoms in total. The lowest BCUT2D eigenvalue weighted by Gasteiger charge is -2.02. The van der Waals surface area contributed by atoms with Crippen LogP contribution in [0.4, 0.5) is 5.82 Å². The van der Waals surface area contributed by atoms with Crippen molar-refractivity contribution in [3.05, 3.63) is 28.2 Å². The van der Waals surface area contributed by atoms with E-state index in [9.17, 15) is 9.59 Å². The minimum Gasteiger partial charge on any atom is -0.382 e. The third kappa shape index (κ3) is 3.01. The van der Waals surface area contributed by atoms with E-state index < -0.39 is 0 Å². The number of nitrogen functional groups attached to an aromatic ring is 1. The van der Waals surface area contributed by atoms with Gasteiger partial charge in [-0.1, -0.05) is 29.3 Å². The summed E-state index contributed by atoms with van der Waals surface area (Å²) in [6, 6.07) is 0. The maximum absolute atomic E-state index is 11.6. The van der Waals surface area contributed by atoms with Crippen LogP contribution in [-0.2, 0) is 4.79 Å². The quantitative estimate of drug-likeness (QED) is 0.505. The van der Waals surface area contributed by atoms with Gasteiger partial charge in [0.25, 0.3) is 0 Å². The second-order valence-electron chi connectivity index (χ2n) is 2.73.